The van der Waals surface area contributed by atoms with Crippen molar-refractivity contribution in [1.82, 2.24) is 14.9 Å². The average molecular weight is 251 g/mol. The standard InChI is InChI=1S/C14H25N3O/c1-4-6-15-13(12-9-11(3)18-10-12)14-16-7-8-17(14)5-2/h7-8,11-13,15H,4-6,9-10H2,1-3H3. The zero-order chi connectivity index (χ0) is 13.0. The predicted molar refractivity (Wildman–Crippen MR) is 72.5 cm³/mol. The van der Waals surface area contributed by atoms with Crippen molar-refractivity contribution in [3.63, 3.8) is 0 Å². The predicted octanol–water partition coefficient (Wildman–Crippen LogP) is 2.37. The number of nitrogens with zero attached hydrogens (tertiary/aromatic N) is 2. The Morgan fingerprint density at radius 2 is 2.39 bits per heavy atom. The first-order valence-electron chi connectivity index (χ1n) is 7.12. The van der Waals surface area contributed by atoms with Gasteiger partial charge in [0.15, 0.2) is 0 Å². The largest absolute Gasteiger partial charge is 0.378 e. The van der Waals surface area contributed by atoms with Crippen molar-refractivity contribution in [2.24, 2.45) is 5.92 Å². The van der Waals surface area contributed by atoms with Crippen molar-refractivity contribution in [2.75, 3.05) is 13.2 Å². The average Bonchev–Trinajstić information content (AvgIpc) is 2.99. The van der Waals surface area contributed by atoms with Crippen LogP contribution in [0, 0.1) is 5.92 Å². The summed E-state index contributed by atoms with van der Waals surface area (Å²) in [5, 5.41) is 3.65. The highest BCUT2D eigenvalue weighted by molar-refractivity contribution is 5.03. The first-order chi connectivity index (χ1) is 8.76. The van der Waals surface area contributed by atoms with Gasteiger partial charge < -0.3 is 14.6 Å². The van der Waals surface area contributed by atoms with E-state index in [0.717, 1.165) is 38.4 Å². The smallest absolute Gasteiger partial charge is 0.126 e. The molecule has 4 heteroatoms. The van der Waals surface area contributed by atoms with Crippen molar-refractivity contribution in [1.29, 1.82) is 0 Å². The number of hydrogen-bond acceptors (Lipinski definition) is 3. The van der Waals surface area contributed by atoms with Crippen LogP contribution in [0.1, 0.15) is 45.5 Å². The quantitative estimate of drug-likeness (QED) is 0.843. The molecule has 3 unspecified atom stereocenters. The first-order valence-corrected chi connectivity index (χ1v) is 7.12. The number of nitrogens with one attached hydrogen (secondary N) is 1. The Morgan fingerprint density at radius 3 is 3.00 bits per heavy atom. The lowest BCUT2D eigenvalue weighted by Crippen LogP contribution is -2.32. The molecular formula is C14H25N3O. The summed E-state index contributed by atoms with van der Waals surface area (Å²) in [5.41, 5.74) is 0. The van der Waals surface area contributed by atoms with Gasteiger partial charge in [0.05, 0.1) is 18.8 Å². The van der Waals surface area contributed by atoms with Crippen LogP contribution < -0.4 is 5.32 Å². The van der Waals surface area contributed by atoms with Gasteiger partial charge in [-0.2, -0.15) is 0 Å². The van der Waals surface area contributed by atoms with E-state index in [9.17, 15) is 0 Å². The van der Waals surface area contributed by atoms with Crippen molar-refractivity contribution < 1.29 is 4.74 Å². The molecule has 0 aromatic carbocycles. The molecule has 4 nitrogen and oxygen atoms in total. The van der Waals surface area contributed by atoms with Gasteiger partial charge in [0.2, 0.25) is 0 Å². The second-order valence-corrected chi connectivity index (χ2v) is 5.14. The van der Waals surface area contributed by atoms with Gasteiger partial charge in [0.25, 0.3) is 0 Å². The van der Waals surface area contributed by atoms with E-state index >= 15 is 0 Å². The Morgan fingerprint density at radius 1 is 1.56 bits per heavy atom. The summed E-state index contributed by atoms with van der Waals surface area (Å²) in [7, 11) is 0. The lowest BCUT2D eigenvalue weighted by Gasteiger charge is -2.24. The number of rotatable bonds is 6. The molecular weight excluding hydrogens is 226 g/mol. The van der Waals surface area contributed by atoms with Crippen molar-refractivity contribution >= 4 is 0 Å². The van der Waals surface area contributed by atoms with Gasteiger partial charge in [-0.05, 0) is 33.2 Å². The Bertz CT molecular complexity index is 364. The molecule has 3 atom stereocenters. The normalized spacial score (nSPS) is 25.5. The number of hydrogen-bond donors (Lipinski definition) is 1. The van der Waals surface area contributed by atoms with Crippen LogP contribution in [0.5, 0.6) is 0 Å². The molecule has 1 aliphatic rings. The SMILES string of the molecule is CCCNC(c1nccn1CC)C1COC(C)C1. The zero-order valence-corrected chi connectivity index (χ0v) is 11.7. The number of aromatic nitrogens is 2. The third kappa shape index (κ3) is 2.93. The second-order valence-electron chi connectivity index (χ2n) is 5.14. The minimum atomic E-state index is 0.324. The molecule has 1 aliphatic heterocycles. The molecule has 1 aromatic rings. The third-order valence-corrected chi connectivity index (χ3v) is 3.68. The molecule has 0 aliphatic carbocycles. The molecule has 1 aromatic heterocycles. The Hall–Kier alpha value is -0.870. The molecule has 0 radical (unpaired) electrons. The Labute approximate surface area is 110 Å². The van der Waals surface area contributed by atoms with E-state index in [4.69, 9.17) is 4.74 Å². The lowest BCUT2D eigenvalue weighted by atomic mass is 9.96. The zero-order valence-electron chi connectivity index (χ0n) is 11.7. The van der Waals surface area contributed by atoms with Crippen LogP contribution in [-0.4, -0.2) is 28.8 Å². The van der Waals surface area contributed by atoms with E-state index in [1.165, 1.54) is 0 Å². The number of aryl methyl sites for hydroxylation is 1. The van der Waals surface area contributed by atoms with Gasteiger partial charge >= 0.3 is 0 Å². The molecule has 2 heterocycles. The minimum absolute atomic E-state index is 0.324. The van der Waals surface area contributed by atoms with Crippen LogP contribution in [0.4, 0.5) is 0 Å². The van der Waals surface area contributed by atoms with E-state index in [1.54, 1.807) is 0 Å². The summed E-state index contributed by atoms with van der Waals surface area (Å²) >= 11 is 0. The molecule has 2 rings (SSSR count). The summed E-state index contributed by atoms with van der Waals surface area (Å²) in [6.45, 7) is 9.37. The van der Waals surface area contributed by atoms with E-state index in [2.05, 4.69) is 41.8 Å². The van der Waals surface area contributed by atoms with Gasteiger partial charge in [-0.1, -0.05) is 6.92 Å². The highest BCUT2D eigenvalue weighted by Gasteiger charge is 2.32. The van der Waals surface area contributed by atoms with Crippen LogP contribution in [0.3, 0.4) is 0 Å². The molecule has 0 saturated carbocycles. The fourth-order valence-corrected chi connectivity index (χ4v) is 2.72. The molecule has 1 N–H and O–H groups in total. The molecule has 1 saturated heterocycles. The lowest BCUT2D eigenvalue weighted by molar-refractivity contribution is 0.116. The Balaban J connectivity index is 2.14. The molecule has 0 bridgehead atoms. The Kier molecular flexibility index (Phi) is 4.78. The molecule has 0 amide bonds. The monoisotopic (exact) mass is 251 g/mol. The van der Waals surface area contributed by atoms with E-state index in [0.29, 0.717) is 18.1 Å². The van der Waals surface area contributed by atoms with E-state index < -0.39 is 0 Å². The first kappa shape index (κ1) is 13.6. The fourth-order valence-electron chi connectivity index (χ4n) is 2.72. The van der Waals surface area contributed by atoms with Crippen molar-refractivity contribution in [3.05, 3.63) is 18.2 Å². The van der Waals surface area contributed by atoms with Gasteiger partial charge in [0, 0.05) is 24.9 Å². The van der Waals surface area contributed by atoms with Gasteiger partial charge in [-0.15, -0.1) is 0 Å². The van der Waals surface area contributed by atoms with Crippen LogP contribution in [0.25, 0.3) is 0 Å². The molecule has 102 valence electrons. The van der Waals surface area contributed by atoms with Gasteiger partial charge in [-0.25, -0.2) is 4.98 Å². The van der Waals surface area contributed by atoms with Crippen LogP contribution in [0.2, 0.25) is 0 Å². The fraction of sp³-hybridized carbons (Fsp3) is 0.786. The topological polar surface area (TPSA) is 39.1 Å². The summed E-state index contributed by atoms with van der Waals surface area (Å²) in [6.07, 6.45) is 6.61. The number of imidazole rings is 1. The van der Waals surface area contributed by atoms with Crippen molar-refractivity contribution in [3.8, 4) is 0 Å². The maximum absolute atomic E-state index is 5.72. The highest BCUT2D eigenvalue weighted by atomic mass is 16.5. The van der Waals surface area contributed by atoms with Gasteiger partial charge in [-0.3, -0.25) is 0 Å². The summed E-state index contributed by atoms with van der Waals surface area (Å²) < 4.78 is 7.95. The molecule has 1 fully saturated rings. The summed E-state index contributed by atoms with van der Waals surface area (Å²) in [5.74, 6) is 1.70. The van der Waals surface area contributed by atoms with Crippen LogP contribution in [-0.2, 0) is 11.3 Å². The second kappa shape index (κ2) is 6.34. The highest BCUT2D eigenvalue weighted by Crippen LogP contribution is 2.31. The minimum Gasteiger partial charge on any atom is -0.378 e. The molecule has 18 heavy (non-hydrogen) atoms. The number of ether oxygens (including phenoxy) is 1. The maximum Gasteiger partial charge on any atom is 0.126 e. The van der Waals surface area contributed by atoms with Crippen LogP contribution >= 0.6 is 0 Å². The summed E-state index contributed by atoms with van der Waals surface area (Å²) in [6, 6.07) is 0.324. The van der Waals surface area contributed by atoms with E-state index in [-0.39, 0.29) is 0 Å². The van der Waals surface area contributed by atoms with Crippen molar-refractivity contribution in [2.45, 2.75) is 52.3 Å². The third-order valence-electron chi connectivity index (χ3n) is 3.68. The van der Waals surface area contributed by atoms with E-state index in [1.807, 2.05) is 6.20 Å². The molecule has 0 spiro atoms. The van der Waals surface area contributed by atoms with Crippen LogP contribution in [0.15, 0.2) is 12.4 Å². The van der Waals surface area contributed by atoms with Gasteiger partial charge in [0.1, 0.15) is 5.82 Å². The summed E-state index contributed by atoms with van der Waals surface area (Å²) in [4.78, 5) is 4.55. The maximum atomic E-state index is 5.72.